The van der Waals surface area contributed by atoms with Gasteiger partial charge in [0.2, 0.25) is 0 Å². The molecule has 1 saturated heterocycles. The normalized spacial score (nSPS) is 16.2. The van der Waals surface area contributed by atoms with E-state index in [1.807, 2.05) is 24.3 Å². The quantitative estimate of drug-likeness (QED) is 0.735. The third kappa shape index (κ3) is 3.66. The van der Waals surface area contributed by atoms with Crippen molar-refractivity contribution in [1.82, 2.24) is 20.3 Å². The van der Waals surface area contributed by atoms with Gasteiger partial charge in [-0.1, -0.05) is 17.3 Å². The standard InChI is InChI=1S/C20H20FN5O2/c1-28-19-5-3-2-4-18(19)25-11-10-15(12-25)22-20(27)17-13-26(24-23-17)16-8-6-14(21)7-9-16/h2-9,13,15H,10-12H2,1H3,(H,22,27). The number of hydrogen-bond donors (Lipinski definition) is 1. The number of methoxy groups -OCH3 is 1. The number of para-hydroxylation sites is 2. The molecule has 1 aliphatic heterocycles. The first-order chi connectivity index (χ1) is 13.6. The van der Waals surface area contributed by atoms with Crippen LogP contribution in [0.2, 0.25) is 0 Å². The van der Waals surface area contributed by atoms with Crippen molar-refractivity contribution in [2.75, 3.05) is 25.1 Å². The Bertz CT molecular complexity index is 973. The van der Waals surface area contributed by atoms with Crippen LogP contribution in [0.15, 0.2) is 54.7 Å². The number of ether oxygens (including phenoxy) is 1. The summed E-state index contributed by atoms with van der Waals surface area (Å²) in [5, 5.41) is 10.9. The summed E-state index contributed by atoms with van der Waals surface area (Å²) in [5.41, 5.74) is 1.88. The number of rotatable bonds is 5. The minimum Gasteiger partial charge on any atom is -0.495 e. The molecular formula is C20H20FN5O2. The maximum Gasteiger partial charge on any atom is 0.273 e. The lowest BCUT2D eigenvalue weighted by molar-refractivity contribution is 0.0935. The number of hydrogen-bond acceptors (Lipinski definition) is 5. The molecule has 28 heavy (non-hydrogen) atoms. The van der Waals surface area contributed by atoms with Gasteiger partial charge in [0.15, 0.2) is 5.69 Å². The molecule has 144 valence electrons. The van der Waals surface area contributed by atoms with E-state index in [0.717, 1.165) is 24.4 Å². The Morgan fingerprint density at radius 2 is 2.00 bits per heavy atom. The zero-order chi connectivity index (χ0) is 19.5. The highest BCUT2D eigenvalue weighted by Crippen LogP contribution is 2.30. The van der Waals surface area contributed by atoms with E-state index < -0.39 is 0 Å². The van der Waals surface area contributed by atoms with E-state index >= 15 is 0 Å². The number of nitrogens with one attached hydrogen (secondary N) is 1. The number of amides is 1. The molecule has 0 bridgehead atoms. The van der Waals surface area contributed by atoms with Gasteiger partial charge in [0.25, 0.3) is 5.91 Å². The largest absolute Gasteiger partial charge is 0.495 e. The number of nitrogens with zero attached hydrogens (tertiary/aromatic N) is 4. The van der Waals surface area contributed by atoms with Gasteiger partial charge in [0.1, 0.15) is 11.6 Å². The highest BCUT2D eigenvalue weighted by molar-refractivity contribution is 5.92. The molecule has 1 amide bonds. The molecule has 1 fully saturated rings. The van der Waals surface area contributed by atoms with Gasteiger partial charge < -0.3 is 15.0 Å². The Kier molecular flexibility index (Phi) is 4.92. The average molecular weight is 381 g/mol. The molecule has 7 nitrogen and oxygen atoms in total. The predicted octanol–water partition coefficient (Wildman–Crippen LogP) is 2.42. The average Bonchev–Trinajstić information content (AvgIpc) is 3.38. The van der Waals surface area contributed by atoms with Crippen molar-refractivity contribution in [3.63, 3.8) is 0 Å². The van der Waals surface area contributed by atoms with E-state index in [2.05, 4.69) is 20.5 Å². The van der Waals surface area contributed by atoms with Crippen LogP contribution in [0.25, 0.3) is 5.69 Å². The van der Waals surface area contributed by atoms with Crippen molar-refractivity contribution in [1.29, 1.82) is 0 Å². The van der Waals surface area contributed by atoms with Crippen molar-refractivity contribution in [3.8, 4) is 11.4 Å². The maximum absolute atomic E-state index is 13.0. The van der Waals surface area contributed by atoms with Gasteiger partial charge in [0, 0.05) is 19.1 Å². The van der Waals surface area contributed by atoms with Crippen LogP contribution < -0.4 is 15.0 Å². The van der Waals surface area contributed by atoms with E-state index in [-0.39, 0.29) is 23.5 Å². The van der Waals surface area contributed by atoms with Crippen LogP contribution in [0.4, 0.5) is 10.1 Å². The lowest BCUT2D eigenvalue weighted by Crippen LogP contribution is -2.37. The topological polar surface area (TPSA) is 72.3 Å². The summed E-state index contributed by atoms with van der Waals surface area (Å²) in [7, 11) is 1.65. The lowest BCUT2D eigenvalue weighted by Gasteiger charge is -2.21. The molecule has 0 saturated carbocycles. The fourth-order valence-electron chi connectivity index (χ4n) is 3.34. The first kappa shape index (κ1) is 18.0. The number of carbonyl (C=O) groups is 1. The van der Waals surface area contributed by atoms with E-state index in [9.17, 15) is 9.18 Å². The molecular weight excluding hydrogens is 361 g/mol. The third-order valence-electron chi connectivity index (χ3n) is 4.77. The Morgan fingerprint density at radius 3 is 2.79 bits per heavy atom. The van der Waals surface area contributed by atoms with Crippen LogP contribution in [0, 0.1) is 5.82 Å². The van der Waals surface area contributed by atoms with E-state index in [1.54, 1.807) is 19.2 Å². The lowest BCUT2D eigenvalue weighted by atomic mass is 10.2. The fourth-order valence-corrected chi connectivity index (χ4v) is 3.34. The summed E-state index contributed by atoms with van der Waals surface area (Å²) in [6.07, 6.45) is 2.37. The molecule has 1 aliphatic rings. The van der Waals surface area contributed by atoms with Crippen molar-refractivity contribution >= 4 is 11.6 Å². The summed E-state index contributed by atoms with van der Waals surface area (Å²) in [6, 6.07) is 13.7. The van der Waals surface area contributed by atoms with Crippen molar-refractivity contribution in [2.45, 2.75) is 12.5 Å². The molecule has 2 aromatic carbocycles. The van der Waals surface area contributed by atoms with Gasteiger partial charge in [-0.15, -0.1) is 5.10 Å². The second kappa shape index (κ2) is 7.67. The minimum absolute atomic E-state index is 0.00776. The summed E-state index contributed by atoms with van der Waals surface area (Å²) < 4.78 is 19.9. The van der Waals surface area contributed by atoms with Gasteiger partial charge in [0.05, 0.1) is 24.7 Å². The van der Waals surface area contributed by atoms with E-state index in [0.29, 0.717) is 12.2 Å². The van der Waals surface area contributed by atoms with Crippen LogP contribution in [0.5, 0.6) is 5.75 Å². The Morgan fingerprint density at radius 1 is 1.21 bits per heavy atom. The molecule has 0 radical (unpaired) electrons. The summed E-state index contributed by atoms with van der Waals surface area (Å²) in [5.74, 6) is 0.208. The summed E-state index contributed by atoms with van der Waals surface area (Å²) >= 11 is 0. The van der Waals surface area contributed by atoms with Gasteiger partial charge in [-0.25, -0.2) is 9.07 Å². The Hall–Kier alpha value is -3.42. The molecule has 0 spiro atoms. The van der Waals surface area contributed by atoms with Crippen LogP contribution in [-0.4, -0.2) is 47.1 Å². The number of anilines is 1. The SMILES string of the molecule is COc1ccccc1N1CCC(NC(=O)c2cn(-c3ccc(F)cc3)nn2)C1. The van der Waals surface area contributed by atoms with Crippen LogP contribution in [0.1, 0.15) is 16.9 Å². The van der Waals surface area contributed by atoms with Gasteiger partial charge in [-0.2, -0.15) is 0 Å². The number of aromatic nitrogens is 3. The smallest absolute Gasteiger partial charge is 0.273 e. The van der Waals surface area contributed by atoms with Crippen molar-refractivity contribution < 1.29 is 13.9 Å². The molecule has 1 atom stereocenters. The fraction of sp³-hybridized carbons (Fsp3) is 0.250. The van der Waals surface area contributed by atoms with Crippen LogP contribution in [-0.2, 0) is 0 Å². The predicted molar refractivity (Wildman–Crippen MR) is 102 cm³/mol. The molecule has 4 rings (SSSR count). The minimum atomic E-state index is -0.331. The number of carbonyl (C=O) groups excluding carboxylic acids is 1. The Labute approximate surface area is 161 Å². The van der Waals surface area contributed by atoms with E-state index in [1.165, 1.54) is 23.0 Å². The zero-order valence-electron chi connectivity index (χ0n) is 15.4. The number of halogens is 1. The van der Waals surface area contributed by atoms with Gasteiger partial charge >= 0.3 is 0 Å². The monoisotopic (exact) mass is 381 g/mol. The third-order valence-corrected chi connectivity index (χ3v) is 4.77. The van der Waals surface area contributed by atoms with Gasteiger partial charge in [-0.3, -0.25) is 4.79 Å². The first-order valence-electron chi connectivity index (χ1n) is 9.01. The highest BCUT2D eigenvalue weighted by Gasteiger charge is 2.26. The zero-order valence-corrected chi connectivity index (χ0v) is 15.4. The summed E-state index contributed by atoms with van der Waals surface area (Å²) in [4.78, 5) is 14.7. The van der Waals surface area contributed by atoms with Crippen LogP contribution in [0.3, 0.4) is 0 Å². The van der Waals surface area contributed by atoms with Crippen molar-refractivity contribution in [3.05, 3.63) is 66.2 Å². The Balaban J connectivity index is 1.40. The summed E-state index contributed by atoms with van der Waals surface area (Å²) in [6.45, 7) is 1.52. The van der Waals surface area contributed by atoms with E-state index in [4.69, 9.17) is 4.74 Å². The molecule has 1 aromatic heterocycles. The molecule has 1 unspecified atom stereocenters. The molecule has 8 heteroatoms. The molecule has 1 N–H and O–H groups in total. The first-order valence-corrected chi connectivity index (χ1v) is 9.01. The van der Waals surface area contributed by atoms with Gasteiger partial charge in [-0.05, 0) is 42.8 Å². The second-order valence-corrected chi connectivity index (χ2v) is 6.60. The van der Waals surface area contributed by atoms with Crippen molar-refractivity contribution in [2.24, 2.45) is 0 Å². The molecule has 0 aliphatic carbocycles. The highest BCUT2D eigenvalue weighted by atomic mass is 19.1. The number of benzene rings is 2. The molecule has 3 aromatic rings. The van der Waals surface area contributed by atoms with Crippen LogP contribution >= 0.6 is 0 Å². The maximum atomic E-state index is 13.0. The second-order valence-electron chi connectivity index (χ2n) is 6.60. The molecule has 2 heterocycles.